The maximum atomic E-state index is 12.6. The third-order valence-corrected chi connectivity index (χ3v) is 5.59. The second kappa shape index (κ2) is 6.83. The molecule has 2 aliphatic heterocycles. The van der Waals surface area contributed by atoms with Crippen LogP contribution < -0.4 is 0 Å². The number of ether oxygens (including phenoxy) is 1. The van der Waals surface area contributed by atoms with Crippen LogP contribution in [-0.4, -0.2) is 45.5 Å². The second-order valence-corrected chi connectivity index (χ2v) is 7.19. The average Bonchev–Trinajstić information content (AvgIpc) is 3.30. The third kappa shape index (κ3) is 2.88. The normalized spacial score (nSPS) is 18.1. The van der Waals surface area contributed by atoms with Crippen molar-refractivity contribution in [1.82, 2.24) is 19.9 Å². The molecule has 0 bridgehead atoms. The Hall–Kier alpha value is -3.06. The number of aromatic nitrogens is 3. The zero-order chi connectivity index (χ0) is 19.0. The molecule has 142 valence electrons. The van der Waals surface area contributed by atoms with Crippen molar-refractivity contribution in [2.45, 2.75) is 24.9 Å². The average molecular weight is 376 g/mol. The van der Waals surface area contributed by atoms with E-state index in [1.54, 1.807) is 4.90 Å². The molecule has 1 saturated heterocycles. The number of carbonyl (C=O) groups is 1. The Labute approximate surface area is 162 Å². The van der Waals surface area contributed by atoms with Gasteiger partial charge in [0, 0.05) is 24.8 Å². The van der Waals surface area contributed by atoms with Crippen LogP contribution in [0.4, 0.5) is 0 Å². The number of likely N-dealkylation sites (tertiary alicyclic amines) is 1. The highest BCUT2D eigenvalue weighted by atomic mass is 16.5. The van der Waals surface area contributed by atoms with E-state index in [-0.39, 0.29) is 5.91 Å². The maximum absolute atomic E-state index is 12.6. The van der Waals surface area contributed by atoms with Gasteiger partial charge in [-0.25, -0.2) is 15.0 Å². The molecular formula is C21H20N4O3. The maximum Gasteiger partial charge on any atom is 0.275 e. The Morgan fingerprint density at radius 3 is 2.68 bits per heavy atom. The first-order chi connectivity index (χ1) is 13.8. The van der Waals surface area contributed by atoms with Crippen molar-refractivity contribution in [2.24, 2.45) is 0 Å². The minimum absolute atomic E-state index is 0.104. The topological polar surface area (TPSA) is 81.4 Å². The molecule has 1 amide bonds. The number of oxazole rings is 1. The number of hydrogen-bond donors (Lipinski definition) is 0. The Morgan fingerprint density at radius 1 is 1.11 bits per heavy atom. The number of benzene rings is 1. The van der Waals surface area contributed by atoms with Crippen molar-refractivity contribution in [3.8, 4) is 11.4 Å². The molecule has 2 aromatic heterocycles. The van der Waals surface area contributed by atoms with Crippen LogP contribution in [0.1, 0.15) is 34.6 Å². The van der Waals surface area contributed by atoms with Gasteiger partial charge in [0.15, 0.2) is 17.9 Å². The van der Waals surface area contributed by atoms with Crippen molar-refractivity contribution in [3.63, 3.8) is 0 Å². The molecule has 0 atom stereocenters. The van der Waals surface area contributed by atoms with E-state index >= 15 is 0 Å². The van der Waals surface area contributed by atoms with Crippen LogP contribution in [0.3, 0.4) is 0 Å². The molecule has 3 aromatic rings. The van der Waals surface area contributed by atoms with Crippen molar-refractivity contribution >= 4 is 5.91 Å². The van der Waals surface area contributed by atoms with Gasteiger partial charge < -0.3 is 14.1 Å². The molecule has 1 spiro atoms. The van der Waals surface area contributed by atoms with Gasteiger partial charge in [0.2, 0.25) is 0 Å². The molecular weight excluding hydrogens is 356 g/mol. The summed E-state index contributed by atoms with van der Waals surface area (Å²) in [7, 11) is 0. The molecule has 0 unspecified atom stereocenters. The van der Waals surface area contributed by atoms with Crippen molar-refractivity contribution in [1.29, 1.82) is 0 Å². The molecule has 0 radical (unpaired) electrons. The summed E-state index contributed by atoms with van der Waals surface area (Å²) in [5, 5.41) is 0. The van der Waals surface area contributed by atoms with Crippen LogP contribution in [0.25, 0.3) is 11.4 Å². The molecule has 0 aliphatic carbocycles. The number of carbonyl (C=O) groups excluding carboxylic acids is 1. The lowest BCUT2D eigenvalue weighted by Gasteiger charge is -2.43. The lowest BCUT2D eigenvalue weighted by atomic mass is 9.83. The predicted molar refractivity (Wildman–Crippen MR) is 100 cm³/mol. The Bertz CT molecular complexity index is 980. The van der Waals surface area contributed by atoms with E-state index in [9.17, 15) is 4.79 Å². The molecule has 7 heteroatoms. The molecule has 7 nitrogen and oxygen atoms in total. The van der Waals surface area contributed by atoms with E-state index < -0.39 is 5.60 Å². The zero-order valence-corrected chi connectivity index (χ0v) is 15.4. The standard InChI is InChI=1S/C21H20N4O3/c26-20(17-13-27-14-23-17)25-9-7-21(8-10-25)18-16(6-11-28-21)12-22-19(24-18)15-4-2-1-3-5-15/h1-5,12-14H,6-11H2. The molecule has 5 rings (SSSR count). The predicted octanol–water partition coefficient (Wildman–Crippen LogP) is 2.84. The first-order valence-corrected chi connectivity index (χ1v) is 9.48. The van der Waals surface area contributed by atoms with E-state index in [1.807, 2.05) is 36.5 Å². The van der Waals surface area contributed by atoms with E-state index in [0.29, 0.717) is 44.1 Å². The Balaban J connectivity index is 1.43. The van der Waals surface area contributed by atoms with Crippen LogP contribution in [-0.2, 0) is 16.8 Å². The summed E-state index contributed by atoms with van der Waals surface area (Å²) in [4.78, 5) is 27.8. The second-order valence-electron chi connectivity index (χ2n) is 7.19. The van der Waals surface area contributed by atoms with Gasteiger partial charge in [0.1, 0.15) is 11.9 Å². The molecule has 4 heterocycles. The van der Waals surface area contributed by atoms with E-state index in [0.717, 1.165) is 23.2 Å². The third-order valence-electron chi connectivity index (χ3n) is 5.59. The van der Waals surface area contributed by atoms with Crippen LogP contribution in [0.2, 0.25) is 0 Å². The lowest BCUT2D eigenvalue weighted by Crippen LogP contribution is -2.49. The first kappa shape index (κ1) is 17.1. The quantitative estimate of drug-likeness (QED) is 0.684. The first-order valence-electron chi connectivity index (χ1n) is 9.48. The van der Waals surface area contributed by atoms with Crippen molar-refractivity contribution < 1.29 is 13.9 Å². The van der Waals surface area contributed by atoms with Gasteiger partial charge in [-0.2, -0.15) is 0 Å². The van der Waals surface area contributed by atoms with E-state index in [1.165, 1.54) is 12.7 Å². The Morgan fingerprint density at radius 2 is 1.93 bits per heavy atom. The monoisotopic (exact) mass is 376 g/mol. The van der Waals surface area contributed by atoms with Gasteiger partial charge in [-0.05, 0) is 24.8 Å². The van der Waals surface area contributed by atoms with Gasteiger partial charge in [-0.15, -0.1) is 0 Å². The smallest absolute Gasteiger partial charge is 0.275 e. The molecule has 1 aromatic carbocycles. The summed E-state index contributed by atoms with van der Waals surface area (Å²) in [5.41, 5.74) is 2.99. The van der Waals surface area contributed by atoms with Crippen LogP contribution >= 0.6 is 0 Å². The van der Waals surface area contributed by atoms with Gasteiger partial charge in [-0.1, -0.05) is 30.3 Å². The number of fused-ring (bicyclic) bond motifs is 2. The molecule has 28 heavy (non-hydrogen) atoms. The number of amides is 1. The van der Waals surface area contributed by atoms with Crippen LogP contribution in [0, 0.1) is 0 Å². The fourth-order valence-corrected chi connectivity index (χ4v) is 4.07. The lowest BCUT2D eigenvalue weighted by molar-refractivity contribution is -0.0967. The number of piperidine rings is 1. The Kier molecular flexibility index (Phi) is 4.16. The van der Waals surface area contributed by atoms with Crippen LogP contribution in [0.15, 0.2) is 53.6 Å². The van der Waals surface area contributed by atoms with Crippen molar-refractivity contribution in [2.75, 3.05) is 19.7 Å². The highest BCUT2D eigenvalue weighted by Crippen LogP contribution is 2.41. The number of hydrogen-bond acceptors (Lipinski definition) is 6. The summed E-state index contributed by atoms with van der Waals surface area (Å²) < 4.78 is 11.2. The summed E-state index contributed by atoms with van der Waals surface area (Å²) in [5.74, 6) is 0.609. The fourth-order valence-electron chi connectivity index (χ4n) is 4.07. The van der Waals surface area contributed by atoms with Gasteiger partial charge in [0.25, 0.3) is 5.91 Å². The number of rotatable bonds is 2. The zero-order valence-electron chi connectivity index (χ0n) is 15.4. The van der Waals surface area contributed by atoms with E-state index in [2.05, 4.69) is 9.97 Å². The van der Waals surface area contributed by atoms with Gasteiger partial charge >= 0.3 is 0 Å². The van der Waals surface area contributed by atoms with Gasteiger partial charge in [-0.3, -0.25) is 4.79 Å². The summed E-state index contributed by atoms with van der Waals surface area (Å²) in [6.07, 6.45) is 6.82. The highest BCUT2D eigenvalue weighted by molar-refractivity contribution is 5.91. The summed E-state index contributed by atoms with van der Waals surface area (Å²) in [6.45, 7) is 1.84. The molecule has 1 fully saturated rings. The SMILES string of the molecule is O=C(c1cocn1)N1CCC2(CC1)OCCc1cnc(-c3ccccc3)nc12. The summed E-state index contributed by atoms with van der Waals surface area (Å²) in [6, 6.07) is 9.97. The molecule has 0 N–H and O–H groups in total. The largest absolute Gasteiger partial charge is 0.451 e. The highest BCUT2D eigenvalue weighted by Gasteiger charge is 2.43. The van der Waals surface area contributed by atoms with Crippen LogP contribution in [0.5, 0.6) is 0 Å². The van der Waals surface area contributed by atoms with E-state index in [4.69, 9.17) is 14.1 Å². The number of nitrogens with zero attached hydrogens (tertiary/aromatic N) is 4. The summed E-state index contributed by atoms with van der Waals surface area (Å²) >= 11 is 0. The van der Waals surface area contributed by atoms with Gasteiger partial charge in [0.05, 0.1) is 12.3 Å². The molecule has 2 aliphatic rings. The molecule has 0 saturated carbocycles. The van der Waals surface area contributed by atoms with Crippen molar-refractivity contribution in [3.05, 3.63) is 66.1 Å². The fraction of sp³-hybridized carbons (Fsp3) is 0.333. The minimum Gasteiger partial charge on any atom is -0.451 e. The minimum atomic E-state index is -0.458.